The lowest BCUT2D eigenvalue weighted by Crippen LogP contribution is -2.46. The second-order valence-corrected chi connectivity index (χ2v) is 7.01. The third-order valence-electron chi connectivity index (χ3n) is 4.29. The van der Waals surface area contributed by atoms with Crippen molar-refractivity contribution in [2.75, 3.05) is 13.1 Å². The zero-order valence-corrected chi connectivity index (χ0v) is 14.4. The smallest absolute Gasteiger partial charge is 0.247 e. The molecular weight excluding hydrogens is 320 g/mol. The van der Waals surface area contributed by atoms with E-state index in [-0.39, 0.29) is 11.8 Å². The lowest BCUT2D eigenvalue weighted by molar-refractivity contribution is -0.142. The van der Waals surface area contributed by atoms with Crippen LogP contribution >= 0.6 is 11.3 Å². The van der Waals surface area contributed by atoms with Gasteiger partial charge in [0, 0.05) is 24.4 Å². The van der Waals surface area contributed by atoms with Crippen LogP contribution in [0.25, 0.3) is 0 Å². The van der Waals surface area contributed by atoms with Crippen molar-refractivity contribution in [3.05, 3.63) is 58.3 Å². The summed E-state index contributed by atoms with van der Waals surface area (Å²) in [4.78, 5) is 28.1. The molecule has 0 saturated carbocycles. The summed E-state index contributed by atoms with van der Waals surface area (Å²) in [7, 11) is 0. The van der Waals surface area contributed by atoms with Gasteiger partial charge in [0.15, 0.2) is 0 Å². The first kappa shape index (κ1) is 16.7. The van der Waals surface area contributed by atoms with E-state index in [9.17, 15) is 9.59 Å². The number of nitrogens with zero attached hydrogens (tertiary/aromatic N) is 1. The Hall–Kier alpha value is -2.14. The number of hydrogen-bond acceptors (Lipinski definition) is 3. The van der Waals surface area contributed by atoms with E-state index in [0.29, 0.717) is 19.5 Å². The number of carbonyl (C=O) groups is 2. The molecule has 0 spiro atoms. The van der Waals surface area contributed by atoms with Gasteiger partial charge in [-0.1, -0.05) is 36.4 Å². The molecule has 2 heterocycles. The van der Waals surface area contributed by atoms with Gasteiger partial charge < -0.3 is 10.2 Å². The molecule has 0 radical (unpaired) electrons. The van der Waals surface area contributed by atoms with Crippen LogP contribution in [0, 0.1) is 0 Å². The molecule has 126 valence electrons. The van der Waals surface area contributed by atoms with Crippen molar-refractivity contribution in [1.29, 1.82) is 0 Å². The van der Waals surface area contributed by atoms with Crippen LogP contribution in [0.1, 0.15) is 35.7 Å². The van der Waals surface area contributed by atoms with Crippen LogP contribution in [-0.2, 0) is 16.0 Å². The largest absolute Gasteiger partial charge is 0.354 e. The van der Waals surface area contributed by atoms with E-state index in [1.807, 2.05) is 41.8 Å². The highest BCUT2D eigenvalue weighted by Gasteiger charge is 2.32. The van der Waals surface area contributed by atoms with Crippen molar-refractivity contribution >= 4 is 23.2 Å². The molecule has 24 heavy (non-hydrogen) atoms. The SMILES string of the molecule is O=C(NCCc1cccs1)[C@H](c1ccccc1)N1CCCCC1=O. The molecule has 1 fully saturated rings. The Morgan fingerprint density at radius 3 is 2.71 bits per heavy atom. The molecule has 1 N–H and O–H groups in total. The zero-order chi connectivity index (χ0) is 16.8. The third kappa shape index (κ3) is 4.03. The number of nitrogens with one attached hydrogen (secondary N) is 1. The number of thiophene rings is 1. The summed E-state index contributed by atoms with van der Waals surface area (Å²) < 4.78 is 0. The van der Waals surface area contributed by atoms with Crippen molar-refractivity contribution in [2.24, 2.45) is 0 Å². The van der Waals surface area contributed by atoms with E-state index in [4.69, 9.17) is 0 Å². The molecule has 5 heteroatoms. The number of rotatable bonds is 6. The second kappa shape index (κ2) is 8.11. The quantitative estimate of drug-likeness (QED) is 0.877. The standard InChI is InChI=1S/C19H22N2O2S/c22-17-10-4-5-13-21(17)18(15-7-2-1-3-8-15)19(23)20-12-11-16-9-6-14-24-16/h1-3,6-9,14,18H,4-5,10-13H2,(H,20,23)/t18-/m0/s1. The van der Waals surface area contributed by atoms with Crippen LogP contribution in [0.5, 0.6) is 0 Å². The number of carbonyl (C=O) groups excluding carboxylic acids is 2. The number of benzene rings is 1. The highest BCUT2D eigenvalue weighted by molar-refractivity contribution is 7.09. The van der Waals surface area contributed by atoms with Gasteiger partial charge >= 0.3 is 0 Å². The fourth-order valence-electron chi connectivity index (χ4n) is 3.07. The third-order valence-corrected chi connectivity index (χ3v) is 5.22. The van der Waals surface area contributed by atoms with E-state index in [2.05, 4.69) is 11.4 Å². The van der Waals surface area contributed by atoms with Gasteiger partial charge in [-0.2, -0.15) is 0 Å². The predicted molar refractivity (Wildman–Crippen MR) is 95.8 cm³/mol. The van der Waals surface area contributed by atoms with Gasteiger partial charge in [0.25, 0.3) is 0 Å². The van der Waals surface area contributed by atoms with Crippen molar-refractivity contribution < 1.29 is 9.59 Å². The van der Waals surface area contributed by atoms with Crippen LogP contribution in [0.15, 0.2) is 47.8 Å². The molecule has 0 bridgehead atoms. The molecule has 1 aromatic carbocycles. The van der Waals surface area contributed by atoms with Gasteiger partial charge in [-0.3, -0.25) is 9.59 Å². The minimum Gasteiger partial charge on any atom is -0.354 e. The molecule has 2 aromatic rings. The van der Waals surface area contributed by atoms with E-state index in [0.717, 1.165) is 24.8 Å². The summed E-state index contributed by atoms with van der Waals surface area (Å²) in [6.45, 7) is 1.24. The van der Waals surface area contributed by atoms with Crippen molar-refractivity contribution in [3.8, 4) is 0 Å². The van der Waals surface area contributed by atoms with Crippen molar-refractivity contribution in [1.82, 2.24) is 10.2 Å². The predicted octanol–water partition coefficient (Wildman–Crippen LogP) is 3.16. The summed E-state index contributed by atoms with van der Waals surface area (Å²) in [5.41, 5.74) is 0.876. The Balaban J connectivity index is 1.71. The maximum atomic E-state index is 12.8. The Morgan fingerprint density at radius 2 is 2.00 bits per heavy atom. The lowest BCUT2D eigenvalue weighted by Gasteiger charge is -2.34. The molecule has 3 rings (SSSR count). The Morgan fingerprint density at radius 1 is 1.17 bits per heavy atom. The highest BCUT2D eigenvalue weighted by Crippen LogP contribution is 2.25. The van der Waals surface area contributed by atoms with Gasteiger partial charge in [-0.15, -0.1) is 11.3 Å². The topological polar surface area (TPSA) is 49.4 Å². The molecular formula is C19H22N2O2S. The van der Waals surface area contributed by atoms with Crippen LogP contribution in [0.3, 0.4) is 0 Å². The molecule has 1 saturated heterocycles. The Kier molecular flexibility index (Phi) is 5.64. The van der Waals surface area contributed by atoms with Crippen LogP contribution in [-0.4, -0.2) is 29.8 Å². The summed E-state index contributed by atoms with van der Waals surface area (Å²) in [6.07, 6.45) is 3.22. The average Bonchev–Trinajstić information content (AvgIpc) is 3.11. The molecule has 1 aliphatic heterocycles. The number of amides is 2. The second-order valence-electron chi connectivity index (χ2n) is 5.98. The molecule has 1 aliphatic rings. The van der Waals surface area contributed by atoms with Crippen molar-refractivity contribution in [2.45, 2.75) is 31.7 Å². The Labute approximate surface area is 146 Å². The van der Waals surface area contributed by atoms with E-state index < -0.39 is 6.04 Å². The maximum Gasteiger partial charge on any atom is 0.247 e. The van der Waals surface area contributed by atoms with Crippen LogP contribution in [0.4, 0.5) is 0 Å². The number of hydrogen-bond donors (Lipinski definition) is 1. The van der Waals surface area contributed by atoms with Gasteiger partial charge in [-0.05, 0) is 36.3 Å². The van der Waals surface area contributed by atoms with E-state index >= 15 is 0 Å². The first-order chi connectivity index (χ1) is 11.8. The highest BCUT2D eigenvalue weighted by atomic mass is 32.1. The number of piperidine rings is 1. The molecule has 2 amide bonds. The maximum absolute atomic E-state index is 12.8. The van der Waals surface area contributed by atoms with Crippen LogP contribution < -0.4 is 5.32 Å². The monoisotopic (exact) mass is 342 g/mol. The number of likely N-dealkylation sites (tertiary alicyclic amines) is 1. The van der Waals surface area contributed by atoms with Crippen LogP contribution in [0.2, 0.25) is 0 Å². The first-order valence-electron chi connectivity index (χ1n) is 8.40. The zero-order valence-electron chi connectivity index (χ0n) is 13.6. The van der Waals surface area contributed by atoms with Gasteiger partial charge in [0.1, 0.15) is 6.04 Å². The minimum atomic E-state index is -0.526. The fourth-order valence-corrected chi connectivity index (χ4v) is 3.78. The minimum absolute atomic E-state index is 0.0727. The summed E-state index contributed by atoms with van der Waals surface area (Å²) in [6, 6.07) is 13.2. The summed E-state index contributed by atoms with van der Waals surface area (Å²) in [5.74, 6) is -0.0171. The average molecular weight is 342 g/mol. The molecule has 0 aliphatic carbocycles. The normalized spacial score (nSPS) is 16.0. The lowest BCUT2D eigenvalue weighted by atomic mass is 10.0. The molecule has 0 unspecified atom stereocenters. The van der Waals surface area contributed by atoms with Gasteiger partial charge in [0.2, 0.25) is 11.8 Å². The van der Waals surface area contributed by atoms with E-state index in [1.54, 1.807) is 16.2 Å². The Bertz CT molecular complexity index is 670. The molecule has 1 atom stereocenters. The van der Waals surface area contributed by atoms with E-state index in [1.165, 1.54) is 4.88 Å². The van der Waals surface area contributed by atoms with Gasteiger partial charge in [-0.25, -0.2) is 0 Å². The van der Waals surface area contributed by atoms with Crippen molar-refractivity contribution in [3.63, 3.8) is 0 Å². The molecule has 1 aromatic heterocycles. The fraction of sp³-hybridized carbons (Fsp3) is 0.368. The summed E-state index contributed by atoms with van der Waals surface area (Å²) in [5, 5.41) is 5.05. The first-order valence-corrected chi connectivity index (χ1v) is 9.28. The van der Waals surface area contributed by atoms with Gasteiger partial charge in [0.05, 0.1) is 0 Å². The molecule has 4 nitrogen and oxygen atoms in total. The summed E-state index contributed by atoms with van der Waals surface area (Å²) >= 11 is 1.69.